The van der Waals surface area contributed by atoms with Crippen molar-refractivity contribution in [3.8, 4) is 0 Å². The van der Waals surface area contributed by atoms with Gasteiger partial charge < -0.3 is 10.1 Å². The molecule has 2 N–H and O–H groups in total. The van der Waals surface area contributed by atoms with E-state index in [1.165, 1.54) is 24.3 Å². The highest BCUT2D eigenvalue weighted by atomic mass is 32.2. The molecular formula is C16H21N3O6S. The molecule has 1 rings (SSSR count). The predicted molar refractivity (Wildman–Crippen MR) is 95.8 cm³/mol. The number of nitro benzene ring substituents is 1. The maximum Gasteiger partial charge on any atom is 0.321 e. The van der Waals surface area contributed by atoms with E-state index < -0.39 is 34.7 Å². The van der Waals surface area contributed by atoms with E-state index in [-0.39, 0.29) is 11.6 Å². The van der Waals surface area contributed by atoms with Gasteiger partial charge in [0.15, 0.2) is 6.61 Å². The lowest BCUT2D eigenvalue weighted by atomic mass is 10.2. The number of thioether (sulfide) groups is 1. The van der Waals surface area contributed by atoms with Crippen LogP contribution in [0, 0.1) is 16.0 Å². The van der Waals surface area contributed by atoms with E-state index in [1.807, 2.05) is 13.8 Å². The molecule has 0 radical (unpaired) electrons. The van der Waals surface area contributed by atoms with Gasteiger partial charge in [-0.15, -0.1) is 11.8 Å². The number of nitro groups is 1. The van der Waals surface area contributed by atoms with E-state index in [1.54, 1.807) is 6.92 Å². The van der Waals surface area contributed by atoms with Gasteiger partial charge >= 0.3 is 12.0 Å². The van der Waals surface area contributed by atoms with Crippen molar-refractivity contribution in [3.05, 3.63) is 34.4 Å². The van der Waals surface area contributed by atoms with Crippen LogP contribution >= 0.6 is 11.8 Å². The summed E-state index contributed by atoms with van der Waals surface area (Å²) in [6.07, 6.45) is 0. The SMILES string of the molecule is CC(C)CNC(=O)NC(=O)COC(=O)[C@H](C)Sc1ccc([N+](=O)[O-])cc1. The molecule has 0 aliphatic rings. The Hall–Kier alpha value is -2.62. The lowest BCUT2D eigenvalue weighted by molar-refractivity contribution is -0.384. The van der Waals surface area contributed by atoms with Crippen LogP contribution < -0.4 is 10.6 Å². The minimum Gasteiger partial charge on any atom is -0.455 e. The topological polar surface area (TPSA) is 128 Å². The van der Waals surface area contributed by atoms with Crippen LogP contribution in [-0.4, -0.2) is 41.2 Å². The summed E-state index contributed by atoms with van der Waals surface area (Å²) >= 11 is 1.14. The van der Waals surface area contributed by atoms with E-state index in [4.69, 9.17) is 4.74 Å². The van der Waals surface area contributed by atoms with E-state index in [2.05, 4.69) is 10.6 Å². The van der Waals surface area contributed by atoms with Crippen molar-refractivity contribution in [1.29, 1.82) is 0 Å². The van der Waals surface area contributed by atoms with Crippen LogP contribution in [0.25, 0.3) is 0 Å². The Morgan fingerprint density at radius 2 is 1.81 bits per heavy atom. The fraction of sp³-hybridized carbons (Fsp3) is 0.438. The Kier molecular flexibility index (Phi) is 8.56. The molecule has 9 nitrogen and oxygen atoms in total. The summed E-state index contributed by atoms with van der Waals surface area (Å²) in [6, 6.07) is 5.08. The van der Waals surface area contributed by atoms with Crippen LogP contribution in [0.1, 0.15) is 20.8 Å². The lowest BCUT2D eigenvalue weighted by Gasteiger charge is -2.12. The van der Waals surface area contributed by atoms with Gasteiger partial charge in [-0.25, -0.2) is 4.79 Å². The average Bonchev–Trinajstić information content (AvgIpc) is 2.58. The van der Waals surface area contributed by atoms with Gasteiger partial charge in [0.05, 0.1) is 4.92 Å². The molecule has 1 aromatic rings. The smallest absolute Gasteiger partial charge is 0.321 e. The van der Waals surface area contributed by atoms with Gasteiger partial charge in [-0.05, 0) is 25.0 Å². The van der Waals surface area contributed by atoms with E-state index in [9.17, 15) is 24.5 Å². The average molecular weight is 383 g/mol. The first kappa shape index (κ1) is 21.4. The summed E-state index contributed by atoms with van der Waals surface area (Å²) in [5.41, 5.74) is -0.0444. The van der Waals surface area contributed by atoms with Crippen LogP contribution in [0.5, 0.6) is 0 Å². The number of rotatable bonds is 8. The maximum absolute atomic E-state index is 11.9. The van der Waals surface area contributed by atoms with Crippen molar-refractivity contribution < 1.29 is 24.0 Å². The third-order valence-corrected chi connectivity index (χ3v) is 4.05. The van der Waals surface area contributed by atoms with Crippen molar-refractivity contribution in [1.82, 2.24) is 10.6 Å². The molecular weight excluding hydrogens is 362 g/mol. The Labute approximate surface area is 155 Å². The molecule has 0 unspecified atom stereocenters. The molecule has 0 fully saturated rings. The molecule has 0 heterocycles. The summed E-state index contributed by atoms with van der Waals surface area (Å²) in [7, 11) is 0. The number of hydrogen-bond donors (Lipinski definition) is 2. The lowest BCUT2D eigenvalue weighted by Crippen LogP contribution is -2.42. The fourth-order valence-corrected chi connectivity index (χ4v) is 2.52. The minimum absolute atomic E-state index is 0.0444. The highest BCUT2D eigenvalue weighted by Gasteiger charge is 2.18. The number of non-ortho nitro benzene ring substituents is 1. The largest absolute Gasteiger partial charge is 0.455 e. The summed E-state index contributed by atoms with van der Waals surface area (Å²) in [4.78, 5) is 45.6. The van der Waals surface area contributed by atoms with Gasteiger partial charge in [0.25, 0.3) is 11.6 Å². The van der Waals surface area contributed by atoms with Crippen molar-refractivity contribution >= 4 is 35.4 Å². The third-order valence-electron chi connectivity index (χ3n) is 2.96. The molecule has 0 aromatic heterocycles. The molecule has 1 aromatic carbocycles. The second-order valence-corrected chi connectivity index (χ2v) is 7.19. The molecule has 3 amide bonds. The second kappa shape index (κ2) is 10.4. The van der Waals surface area contributed by atoms with Crippen LogP contribution in [0.2, 0.25) is 0 Å². The summed E-state index contributed by atoms with van der Waals surface area (Å²) in [5.74, 6) is -1.12. The van der Waals surface area contributed by atoms with E-state index in [0.29, 0.717) is 11.4 Å². The molecule has 0 saturated heterocycles. The van der Waals surface area contributed by atoms with E-state index in [0.717, 1.165) is 11.8 Å². The number of carbonyl (C=O) groups is 3. The van der Waals surface area contributed by atoms with Gasteiger partial charge in [0.1, 0.15) is 5.25 Å². The summed E-state index contributed by atoms with van der Waals surface area (Å²) in [5, 5.41) is 14.5. The third kappa shape index (κ3) is 7.97. The van der Waals surface area contributed by atoms with Gasteiger partial charge in [-0.1, -0.05) is 13.8 Å². The van der Waals surface area contributed by atoms with Crippen LogP contribution in [0.3, 0.4) is 0 Å². The number of hydrogen-bond acceptors (Lipinski definition) is 7. The number of ether oxygens (including phenoxy) is 1. The number of urea groups is 1. The minimum atomic E-state index is -0.729. The van der Waals surface area contributed by atoms with Gasteiger partial charge in [0.2, 0.25) is 0 Å². The molecule has 0 saturated carbocycles. The van der Waals surface area contributed by atoms with Crippen molar-refractivity contribution in [3.63, 3.8) is 0 Å². The highest BCUT2D eigenvalue weighted by Crippen LogP contribution is 2.25. The standard InChI is InChI=1S/C16H21N3O6S/c1-10(2)8-17-16(22)18-14(20)9-25-15(21)11(3)26-13-6-4-12(5-7-13)19(23)24/h4-7,10-11H,8-9H2,1-3H3,(H2,17,18,20,22)/t11-/m0/s1. The number of carbonyl (C=O) groups excluding carboxylic acids is 3. The molecule has 0 aliphatic heterocycles. The Morgan fingerprint density at radius 1 is 1.19 bits per heavy atom. The number of nitrogens with one attached hydrogen (secondary N) is 2. The Balaban J connectivity index is 2.38. The van der Waals surface area contributed by atoms with Crippen molar-refractivity contribution in [2.45, 2.75) is 30.9 Å². The molecule has 1 atom stereocenters. The number of imide groups is 1. The van der Waals surface area contributed by atoms with Crippen molar-refractivity contribution in [2.75, 3.05) is 13.2 Å². The fourth-order valence-electron chi connectivity index (χ4n) is 1.66. The summed E-state index contributed by atoms with van der Waals surface area (Å²) in [6.45, 7) is 5.25. The van der Waals surface area contributed by atoms with Gasteiger partial charge in [-0.2, -0.15) is 0 Å². The number of esters is 1. The van der Waals surface area contributed by atoms with Gasteiger partial charge in [-0.3, -0.25) is 25.0 Å². The first-order valence-corrected chi connectivity index (χ1v) is 8.72. The molecule has 0 aliphatic carbocycles. The zero-order valence-electron chi connectivity index (χ0n) is 14.7. The molecule has 0 bridgehead atoms. The van der Waals surface area contributed by atoms with Crippen LogP contribution in [0.15, 0.2) is 29.2 Å². The van der Waals surface area contributed by atoms with E-state index >= 15 is 0 Å². The monoisotopic (exact) mass is 383 g/mol. The number of benzene rings is 1. The van der Waals surface area contributed by atoms with Crippen LogP contribution in [0.4, 0.5) is 10.5 Å². The quantitative estimate of drug-likeness (QED) is 0.304. The number of amides is 3. The van der Waals surface area contributed by atoms with Gasteiger partial charge in [0, 0.05) is 23.6 Å². The summed E-state index contributed by atoms with van der Waals surface area (Å²) < 4.78 is 4.87. The Morgan fingerprint density at radius 3 is 2.35 bits per heavy atom. The Bertz CT molecular complexity index is 662. The van der Waals surface area contributed by atoms with Crippen molar-refractivity contribution in [2.24, 2.45) is 5.92 Å². The molecule has 26 heavy (non-hydrogen) atoms. The molecule has 10 heteroatoms. The maximum atomic E-state index is 11.9. The highest BCUT2D eigenvalue weighted by molar-refractivity contribution is 8.00. The normalized spacial score (nSPS) is 11.5. The number of nitrogens with zero attached hydrogens (tertiary/aromatic N) is 1. The second-order valence-electron chi connectivity index (χ2n) is 5.77. The zero-order chi connectivity index (χ0) is 19.7. The first-order valence-electron chi connectivity index (χ1n) is 7.84. The first-order chi connectivity index (χ1) is 12.2. The zero-order valence-corrected chi connectivity index (χ0v) is 15.5. The predicted octanol–water partition coefficient (Wildman–Crippen LogP) is 2.10. The molecule has 0 spiro atoms. The van der Waals surface area contributed by atoms with Crippen LogP contribution in [-0.2, 0) is 14.3 Å². The molecule has 142 valence electrons.